The summed E-state index contributed by atoms with van der Waals surface area (Å²) in [7, 11) is -4.16. The van der Waals surface area contributed by atoms with E-state index in [1.54, 1.807) is 19.1 Å². The molecule has 1 atom stereocenters. The molecule has 3 aromatic rings. The van der Waals surface area contributed by atoms with Crippen molar-refractivity contribution < 1.29 is 18.0 Å². The maximum atomic E-state index is 14.1. The normalized spacial score (nSPS) is 14.7. The fourth-order valence-corrected chi connectivity index (χ4v) is 6.88. The molecule has 1 N–H and O–H groups in total. The molecule has 0 bridgehead atoms. The summed E-state index contributed by atoms with van der Waals surface area (Å²) < 4.78 is 30.0. The smallest absolute Gasteiger partial charge is 0.264 e. The van der Waals surface area contributed by atoms with Gasteiger partial charge in [-0.05, 0) is 98.8 Å². The van der Waals surface area contributed by atoms with E-state index < -0.39 is 28.5 Å². The number of carbonyl (C=O) groups excluding carboxylic acids is 2. The van der Waals surface area contributed by atoms with Crippen LogP contribution < -0.4 is 9.62 Å². The van der Waals surface area contributed by atoms with Crippen LogP contribution in [0.15, 0.2) is 76.1 Å². The van der Waals surface area contributed by atoms with Gasteiger partial charge in [0.25, 0.3) is 10.0 Å². The largest absolute Gasteiger partial charge is 0.352 e. The van der Waals surface area contributed by atoms with Crippen LogP contribution in [0, 0.1) is 13.8 Å². The Morgan fingerprint density at radius 3 is 2.21 bits per heavy atom. The van der Waals surface area contributed by atoms with Crippen molar-refractivity contribution in [1.82, 2.24) is 10.2 Å². The predicted octanol–water partition coefficient (Wildman–Crippen LogP) is 6.78. The van der Waals surface area contributed by atoms with Gasteiger partial charge in [-0.15, -0.1) is 0 Å². The van der Waals surface area contributed by atoms with E-state index >= 15 is 0 Å². The highest BCUT2D eigenvalue weighted by Gasteiger charge is 2.33. The number of nitrogens with one attached hydrogen (secondary N) is 1. The summed E-state index contributed by atoms with van der Waals surface area (Å²) in [4.78, 5) is 29.0. The van der Waals surface area contributed by atoms with E-state index in [1.165, 1.54) is 29.2 Å². The van der Waals surface area contributed by atoms with Crippen molar-refractivity contribution in [3.8, 4) is 0 Å². The minimum Gasteiger partial charge on any atom is -0.352 e. The molecule has 10 heteroatoms. The number of aryl methyl sites for hydroxylation is 2. The lowest BCUT2D eigenvalue weighted by molar-refractivity contribution is -0.139. The van der Waals surface area contributed by atoms with Gasteiger partial charge in [-0.2, -0.15) is 0 Å². The van der Waals surface area contributed by atoms with Crippen molar-refractivity contribution in [3.05, 3.63) is 92.9 Å². The zero-order valence-electron chi connectivity index (χ0n) is 24.1. The fraction of sp³-hybridized carbons (Fsp3) is 0.375. The highest BCUT2D eigenvalue weighted by Crippen LogP contribution is 2.27. The average Bonchev–Trinajstić information content (AvgIpc) is 2.97. The molecule has 0 heterocycles. The number of hydrogen-bond donors (Lipinski definition) is 1. The van der Waals surface area contributed by atoms with E-state index in [2.05, 4.69) is 21.2 Å². The first kappa shape index (κ1) is 32.0. The molecule has 1 fully saturated rings. The molecule has 0 saturated heterocycles. The van der Waals surface area contributed by atoms with Crippen molar-refractivity contribution in [3.63, 3.8) is 0 Å². The Labute approximate surface area is 262 Å². The van der Waals surface area contributed by atoms with Gasteiger partial charge in [0.1, 0.15) is 12.6 Å². The highest BCUT2D eigenvalue weighted by atomic mass is 79.9. The lowest BCUT2D eigenvalue weighted by Crippen LogP contribution is -2.53. The number of anilines is 1. The van der Waals surface area contributed by atoms with E-state index in [1.807, 2.05) is 44.2 Å². The van der Waals surface area contributed by atoms with Gasteiger partial charge in [0.05, 0.1) is 10.6 Å². The summed E-state index contributed by atoms with van der Waals surface area (Å²) in [6, 6.07) is 17.9. The Hall–Kier alpha value is -2.88. The molecule has 2 amide bonds. The maximum absolute atomic E-state index is 14.1. The molecular formula is C32H37BrClN3O4S. The third kappa shape index (κ3) is 7.94. The molecule has 1 aliphatic rings. The van der Waals surface area contributed by atoms with E-state index in [9.17, 15) is 18.0 Å². The summed E-state index contributed by atoms with van der Waals surface area (Å²) in [5.74, 6) is -0.731. The zero-order chi connectivity index (χ0) is 30.4. The second-order valence-electron chi connectivity index (χ2n) is 10.9. The Kier molecular flexibility index (Phi) is 10.7. The van der Waals surface area contributed by atoms with Gasteiger partial charge in [-0.3, -0.25) is 13.9 Å². The van der Waals surface area contributed by atoms with Crippen molar-refractivity contribution in [1.29, 1.82) is 0 Å². The molecule has 42 heavy (non-hydrogen) atoms. The second-order valence-corrected chi connectivity index (χ2v) is 14.1. The fourth-order valence-electron chi connectivity index (χ4n) is 5.08. The van der Waals surface area contributed by atoms with Gasteiger partial charge in [0.15, 0.2) is 0 Å². The van der Waals surface area contributed by atoms with Crippen LogP contribution in [0.4, 0.5) is 5.69 Å². The monoisotopic (exact) mass is 673 g/mol. The molecule has 7 nitrogen and oxygen atoms in total. The summed E-state index contributed by atoms with van der Waals surface area (Å²) in [6.45, 7) is 5.20. The summed E-state index contributed by atoms with van der Waals surface area (Å²) in [5, 5.41) is 3.53. The van der Waals surface area contributed by atoms with E-state index in [0.29, 0.717) is 10.7 Å². The Balaban J connectivity index is 1.69. The van der Waals surface area contributed by atoms with Gasteiger partial charge >= 0.3 is 0 Å². The van der Waals surface area contributed by atoms with Crippen LogP contribution in [0.2, 0.25) is 5.02 Å². The van der Waals surface area contributed by atoms with Gasteiger partial charge in [0.2, 0.25) is 11.8 Å². The van der Waals surface area contributed by atoms with Crippen LogP contribution in [-0.4, -0.2) is 43.8 Å². The molecule has 0 radical (unpaired) electrons. The van der Waals surface area contributed by atoms with Crippen LogP contribution in [-0.2, 0) is 26.2 Å². The number of hydrogen-bond acceptors (Lipinski definition) is 4. The Morgan fingerprint density at radius 1 is 0.952 bits per heavy atom. The van der Waals surface area contributed by atoms with Gasteiger partial charge in [-0.25, -0.2) is 8.42 Å². The van der Waals surface area contributed by atoms with E-state index in [-0.39, 0.29) is 23.4 Å². The van der Waals surface area contributed by atoms with Gasteiger partial charge in [-0.1, -0.05) is 65.0 Å². The number of nitrogens with zero attached hydrogens (tertiary/aromatic N) is 2. The van der Waals surface area contributed by atoms with Crippen molar-refractivity contribution >= 4 is 55.1 Å². The highest BCUT2D eigenvalue weighted by molar-refractivity contribution is 9.10. The van der Waals surface area contributed by atoms with Crippen LogP contribution >= 0.6 is 27.5 Å². The molecule has 0 aliphatic heterocycles. The Bertz CT molecular complexity index is 1510. The first-order chi connectivity index (χ1) is 20.0. The van der Waals surface area contributed by atoms with Crippen LogP contribution in [0.1, 0.15) is 55.7 Å². The minimum atomic E-state index is -4.16. The number of rotatable bonds is 10. The number of benzene rings is 3. The first-order valence-corrected chi connectivity index (χ1v) is 16.8. The van der Waals surface area contributed by atoms with Crippen LogP contribution in [0.25, 0.3) is 0 Å². The Morgan fingerprint density at radius 2 is 1.60 bits per heavy atom. The second kappa shape index (κ2) is 14.1. The quantitative estimate of drug-likeness (QED) is 0.257. The topological polar surface area (TPSA) is 86.8 Å². The zero-order valence-corrected chi connectivity index (χ0v) is 27.3. The number of amides is 2. The first-order valence-electron chi connectivity index (χ1n) is 14.2. The molecule has 4 rings (SSSR count). The number of carbonyl (C=O) groups is 2. The van der Waals surface area contributed by atoms with Gasteiger partial charge < -0.3 is 10.2 Å². The van der Waals surface area contributed by atoms with Crippen molar-refractivity contribution in [2.45, 2.75) is 76.4 Å². The van der Waals surface area contributed by atoms with E-state index in [4.69, 9.17) is 11.6 Å². The standard InChI is InChI=1S/C32H37BrClN3O4S/c1-22-9-16-29(19-23(22)2)37(42(40,41)30-17-14-27(34)15-18-30)21-31(38)36(20-25-10-12-26(33)13-11-25)24(3)32(39)35-28-7-5-4-6-8-28/h9-19,24,28H,4-8,20-21H2,1-3H3,(H,35,39). The third-order valence-corrected chi connectivity index (χ3v) is 10.4. The van der Waals surface area contributed by atoms with Gasteiger partial charge in [0, 0.05) is 22.1 Å². The van der Waals surface area contributed by atoms with Crippen LogP contribution in [0.5, 0.6) is 0 Å². The minimum absolute atomic E-state index is 0.0143. The SMILES string of the molecule is Cc1ccc(N(CC(=O)N(Cc2ccc(Br)cc2)C(C)C(=O)NC2CCCCC2)S(=O)(=O)c2ccc(Cl)cc2)cc1C. The van der Waals surface area contributed by atoms with E-state index in [0.717, 1.165) is 57.6 Å². The molecule has 3 aromatic carbocycles. The summed E-state index contributed by atoms with van der Waals surface area (Å²) >= 11 is 9.47. The molecule has 224 valence electrons. The molecule has 0 spiro atoms. The summed E-state index contributed by atoms with van der Waals surface area (Å²) in [5.41, 5.74) is 3.08. The van der Waals surface area contributed by atoms with Crippen molar-refractivity contribution in [2.75, 3.05) is 10.8 Å². The molecule has 1 saturated carbocycles. The lowest BCUT2D eigenvalue weighted by atomic mass is 9.95. The average molecular weight is 675 g/mol. The van der Waals surface area contributed by atoms with Crippen molar-refractivity contribution in [2.24, 2.45) is 0 Å². The molecule has 0 aromatic heterocycles. The molecular weight excluding hydrogens is 638 g/mol. The maximum Gasteiger partial charge on any atom is 0.264 e. The summed E-state index contributed by atoms with van der Waals surface area (Å²) in [6.07, 6.45) is 5.12. The van der Waals surface area contributed by atoms with Crippen LogP contribution in [0.3, 0.4) is 0 Å². The predicted molar refractivity (Wildman–Crippen MR) is 171 cm³/mol. The number of sulfonamides is 1. The molecule has 1 aliphatic carbocycles. The third-order valence-electron chi connectivity index (χ3n) is 7.84. The molecule has 1 unspecified atom stereocenters. The number of halogens is 2. The lowest BCUT2D eigenvalue weighted by Gasteiger charge is -2.33.